The molecular formula is C22H26NO6+. The second-order valence-electron chi connectivity index (χ2n) is 7.28. The number of hydrogen-bond acceptors (Lipinski definition) is 6. The van der Waals surface area contributed by atoms with Gasteiger partial charge in [-0.2, -0.15) is 0 Å². The molecule has 1 N–H and O–H groups in total. The fourth-order valence-corrected chi connectivity index (χ4v) is 4.31. The Bertz CT molecular complexity index is 919. The summed E-state index contributed by atoms with van der Waals surface area (Å²) < 4.78 is 27.8. The molecule has 4 rings (SSSR count). The number of rotatable bonds is 6. The van der Waals surface area contributed by atoms with Crippen molar-refractivity contribution in [3.8, 4) is 28.7 Å². The molecule has 2 aromatic carbocycles. The lowest BCUT2D eigenvalue weighted by atomic mass is 9.87. The fourth-order valence-electron chi connectivity index (χ4n) is 4.31. The maximum absolute atomic E-state index is 13.4. The van der Waals surface area contributed by atoms with Crippen LogP contribution in [0.3, 0.4) is 0 Å². The molecule has 0 amide bonds. The number of ether oxygens (including phenoxy) is 5. The average Bonchev–Trinajstić information content (AvgIpc) is 3.21. The zero-order valence-corrected chi connectivity index (χ0v) is 17.2. The zero-order chi connectivity index (χ0) is 20.5. The molecule has 1 unspecified atom stereocenters. The number of fused-ring (bicyclic) bond motifs is 2. The van der Waals surface area contributed by atoms with Crippen molar-refractivity contribution < 1.29 is 33.4 Å². The number of ketones is 1. The van der Waals surface area contributed by atoms with E-state index in [2.05, 4.69) is 7.05 Å². The van der Waals surface area contributed by atoms with Gasteiger partial charge >= 0.3 is 0 Å². The van der Waals surface area contributed by atoms with E-state index < -0.39 is 0 Å². The molecule has 0 radical (unpaired) electrons. The number of carbonyl (C=O) groups is 1. The third-order valence-corrected chi connectivity index (χ3v) is 5.78. The van der Waals surface area contributed by atoms with Crippen LogP contribution < -0.4 is 28.6 Å². The normalized spacial score (nSPS) is 19.4. The number of benzene rings is 2. The zero-order valence-electron chi connectivity index (χ0n) is 17.2. The molecule has 2 atom stereocenters. The highest BCUT2D eigenvalue weighted by molar-refractivity contribution is 6.01. The number of carbonyl (C=O) groups excluding carboxylic acids is 1. The van der Waals surface area contributed by atoms with E-state index in [-0.39, 0.29) is 18.6 Å². The first-order valence-electron chi connectivity index (χ1n) is 9.64. The molecule has 29 heavy (non-hydrogen) atoms. The Morgan fingerprint density at radius 2 is 1.86 bits per heavy atom. The predicted molar refractivity (Wildman–Crippen MR) is 106 cm³/mol. The van der Waals surface area contributed by atoms with Crippen LogP contribution in [0.15, 0.2) is 24.3 Å². The van der Waals surface area contributed by atoms with E-state index in [0.29, 0.717) is 40.7 Å². The number of likely N-dealkylation sites (N-methyl/N-ethyl adjacent to an activating group) is 1. The molecule has 2 aliphatic rings. The fraction of sp³-hybridized carbons (Fsp3) is 0.409. The average molecular weight is 400 g/mol. The van der Waals surface area contributed by atoms with Crippen molar-refractivity contribution in [3.05, 3.63) is 41.0 Å². The summed E-state index contributed by atoms with van der Waals surface area (Å²) in [6.45, 7) is 1.09. The number of nitrogens with one attached hydrogen (secondary N) is 1. The Balaban J connectivity index is 1.76. The van der Waals surface area contributed by atoms with Crippen LogP contribution in [-0.2, 0) is 6.42 Å². The lowest BCUT2D eigenvalue weighted by Gasteiger charge is -2.33. The van der Waals surface area contributed by atoms with Crippen LogP contribution in [0.4, 0.5) is 0 Å². The maximum Gasteiger partial charge on any atom is 0.231 e. The Kier molecular flexibility index (Phi) is 5.24. The molecule has 0 fully saturated rings. The Morgan fingerprint density at radius 1 is 1.14 bits per heavy atom. The number of Topliss-reactive ketones (excluding diaryl/α,β-unsaturated/α-hetero) is 1. The minimum absolute atomic E-state index is 0.0313. The van der Waals surface area contributed by atoms with E-state index in [1.54, 1.807) is 33.5 Å². The van der Waals surface area contributed by atoms with E-state index in [4.69, 9.17) is 23.7 Å². The standard InChI is InChI=1S/C22H25NO6/c1-23-9-8-13-10-18-21(29-12-28-18)22(27-4)19(13)14(23)11-15(24)20-16(25-2)6-5-7-17(20)26-3/h5-7,10,14H,8-9,11-12H2,1-4H3/p+1/t14-/m1/s1. The van der Waals surface area contributed by atoms with E-state index in [1.165, 1.54) is 4.90 Å². The quantitative estimate of drug-likeness (QED) is 0.747. The summed E-state index contributed by atoms with van der Waals surface area (Å²) in [5.74, 6) is 2.99. The largest absolute Gasteiger partial charge is 0.496 e. The highest BCUT2D eigenvalue weighted by atomic mass is 16.7. The van der Waals surface area contributed by atoms with Crippen molar-refractivity contribution in [2.45, 2.75) is 18.9 Å². The van der Waals surface area contributed by atoms with E-state index in [0.717, 1.165) is 24.1 Å². The Hall–Kier alpha value is -2.93. The summed E-state index contributed by atoms with van der Waals surface area (Å²) in [5, 5.41) is 0. The van der Waals surface area contributed by atoms with Crippen molar-refractivity contribution in [2.24, 2.45) is 0 Å². The molecule has 2 aromatic rings. The van der Waals surface area contributed by atoms with Gasteiger partial charge < -0.3 is 28.6 Å². The van der Waals surface area contributed by atoms with E-state index >= 15 is 0 Å². The topological polar surface area (TPSA) is 67.7 Å². The molecule has 0 aromatic heterocycles. The summed E-state index contributed by atoms with van der Waals surface area (Å²) in [6, 6.07) is 7.31. The minimum atomic E-state index is -0.0784. The van der Waals surface area contributed by atoms with E-state index in [9.17, 15) is 4.79 Å². The first-order valence-corrected chi connectivity index (χ1v) is 9.64. The van der Waals surface area contributed by atoms with Crippen molar-refractivity contribution in [1.29, 1.82) is 0 Å². The molecule has 0 aliphatic carbocycles. The SMILES string of the molecule is COc1cccc(OC)c1C(=O)C[C@@H]1c2c(cc3c(c2OC)OCO3)CC[NH+]1C. The number of hydrogen-bond donors (Lipinski definition) is 1. The third-order valence-electron chi connectivity index (χ3n) is 5.78. The van der Waals surface area contributed by atoms with E-state index in [1.807, 2.05) is 12.1 Å². The Labute approximate surface area is 170 Å². The molecule has 0 spiro atoms. The molecular weight excluding hydrogens is 374 g/mol. The van der Waals surface area contributed by atoms with Gasteiger partial charge in [-0.3, -0.25) is 4.79 Å². The van der Waals surface area contributed by atoms with Gasteiger partial charge in [-0.15, -0.1) is 0 Å². The van der Waals surface area contributed by atoms with Gasteiger partial charge in [0.25, 0.3) is 0 Å². The molecule has 0 saturated carbocycles. The van der Waals surface area contributed by atoms with Gasteiger partial charge in [-0.25, -0.2) is 0 Å². The van der Waals surface area contributed by atoms with Crippen molar-refractivity contribution in [2.75, 3.05) is 41.7 Å². The summed E-state index contributed by atoms with van der Waals surface area (Å²) in [6.07, 6.45) is 1.18. The van der Waals surface area contributed by atoms with Crippen LogP contribution in [-0.4, -0.2) is 47.5 Å². The van der Waals surface area contributed by atoms with Crippen molar-refractivity contribution >= 4 is 5.78 Å². The van der Waals surface area contributed by atoms with Gasteiger partial charge in [-0.1, -0.05) is 6.07 Å². The van der Waals surface area contributed by atoms with Crippen molar-refractivity contribution in [3.63, 3.8) is 0 Å². The van der Waals surface area contributed by atoms with Crippen molar-refractivity contribution in [1.82, 2.24) is 0 Å². The van der Waals surface area contributed by atoms with Gasteiger partial charge in [0, 0.05) is 6.42 Å². The van der Waals surface area contributed by atoms with Crippen LogP contribution in [0.1, 0.15) is 33.9 Å². The van der Waals surface area contributed by atoms with Crippen LogP contribution in [0.25, 0.3) is 0 Å². The maximum atomic E-state index is 13.4. The van der Waals surface area contributed by atoms with Crippen LogP contribution in [0, 0.1) is 0 Å². The minimum Gasteiger partial charge on any atom is -0.496 e. The van der Waals surface area contributed by atoms with Gasteiger partial charge in [0.1, 0.15) is 23.1 Å². The number of methoxy groups -OCH3 is 3. The first kappa shape index (κ1) is 19.4. The molecule has 2 heterocycles. The predicted octanol–water partition coefficient (Wildman–Crippen LogP) is 1.83. The number of quaternary nitrogens is 1. The lowest BCUT2D eigenvalue weighted by Crippen LogP contribution is -3.10. The van der Waals surface area contributed by atoms with Crippen LogP contribution in [0.5, 0.6) is 28.7 Å². The van der Waals surface area contributed by atoms with Crippen LogP contribution >= 0.6 is 0 Å². The monoisotopic (exact) mass is 400 g/mol. The molecule has 7 heteroatoms. The molecule has 0 saturated heterocycles. The smallest absolute Gasteiger partial charge is 0.231 e. The van der Waals surface area contributed by atoms with Gasteiger partial charge in [0.15, 0.2) is 17.3 Å². The highest BCUT2D eigenvalue weighted by Crippen LogP contribution is 2.48. The third kappa shape index (κ3) is 3.25. The summed E-state index contributed by atoms with van der Waals surface area (Å²) in [7, 11) is 6.85. The second kappa shape index (κ2) is 7.83. The molecule has 154 valence electrons. The molecule has 7 nitrogen and oxygen atoms in total. The molecule has 2 aliphatic heterocycles. The van der Waals surface area contributed by atoms with Crippen LogP contribution in [0.2, 0.25) is 0 Å². The summed E-state index contributed by atoms with van der Waals surface area (Å²) >= 11 is 0. The lowest BCUT2D eigenvalue weighted by molar-refractivity contribution is -0.913. The Morgan fingerprint density at radius 3 is 2.52 bits per heavy atom. The summed E-state index contributed by atoms with van der Waals surface area (Å²) in [5.41, 5.74) is 2.63. The summed E-state index contributed by atoms with van der Waals surface area (Å²) in [4.78, 5) is 14.6. The highest BCUT2D eigenvalue weighted by Gasteiger charge is 2.38. The molecule has 0 bridgehead atoms. The van der Waals surface area contributed by atoms with Gasteiger partial charge in [-0.05, 0) is 23.8 Å². The van der Waals surface area contributed by atoms with Gasteiger partial charge in [0.2, 0.25) is 12.5 Å². The second-order valence-corrected chi connectivity index (χ2v) is 7.28. The first-order chi connectivity index (χ1) is 14.1. The van der Waals surface area contributed by atoms with Gasteiger partial charge in [0.05, 0.1) is 46.9 Å².